The molecule has 1 aromatic heterocycles. The predicted octanol–water partition coefficient (Wildman–Crippen LogP) is 2.11. The summed E-state index contributed by atoms with van der Waals surface area (Å²) < 4.78 is 5.74. The van der Waals surface area contributed by atoms with E-state index in [9.17, 15) is 10.1 Å². The third-order valence-electron chi connectivity index (χ3n) is 1.93. The third-order valence-corrected chi connectivity index (χ3v) is 3.58. The van der Waals surface area contributed by atoms with Gasteiger partial charge in [0.05, 0.1) is 11.5 Å². The van der Waals surface area contributed by atoms with Crippen LogP contribution in [0, 0.1) is 10.1 Å². The van der Waals surface area contributed by atoms with E-state index >= 15 is 0 Å². The molecule has 9 heteroatoms. The van der Waals surface area contributed by atoms with Gasteiger partial charge < -0.3 is 9.64 Å². The second kappa shape index (κ2) is 7.19. The number of rotatable bonds is 5. The Morgan fingerprint density at radius 2 is 2.26 bits per heavy atom. The quantitative estimate of drug-likeness (QED) is 0.269. The molecule has 0 aromatic carbocycles. The molecule has 0 aliphatic carbocycles. The van der Waals surface area contributed by atoms with E-state index < -0.39 is 4.92 Å². The predicted molar refractivity (Wildman–Crippen MR) is 76.6 cm³/mol. The normalized spacial score (nSPS) is 10.1. The number of nitro groups is 1. The zero-order chi connectivity index (χ0) is 14.4. The second-order valence-electron chi connectivity index (χ2n) is 3.70. The minimum Gasteiger partial charge on any atom is -0.473 e. The average Bonchev–Trinajstić information content (AvgIpc) is 2.35. The molecule has 104 valence electrons. The molecule has 0 atom stereocenters. The van der Waals surface area contributed by atoms with E-state index in [1.165, 1.54) is 6.33 Å². The Kier molecular flexibility index (Phi) is 5.90. The van der Waals surface area contributed by atoms with Crippen molar-refractivity contribution < 1.29 is 9.66 Å². The van der Waals surface area contributed by atoms with Crippen molar-refractivity contribution in [1.82, 2.24) is 14.9 Å². The van der Waals surface area contributed by atoms with Gasteiger partial charge >= 0.3 is 5.69 Å². The lowest BCUT2D eigenvalue weighted by Crippen LogP contribution is -2.16. The highest BCUT2D eigenvalue weighted by molar-refractivity contribution is 8.22. The van der Waals surface area contributed by atoms with Crippen LogP contribution in [0.5, 0.6) is 5.88 Å². The molecule has 0 saturated heterocycles. The summed E-state index contributed by atoms with van der Waals surface area (Å²) in [5, 5.41) is 11.3. The Labute approximate surface area is 120 Å². The number of ether oxygens (including phenoxy) is 1. The summed E-state index contributed by atoms with van der Waals surface area (Å²) in [5.41, 5.74) is -0.245. The zero-order valence-corrected chi connectivity index (χ0v) is 12.5. The van der Waals surface area contributed by atoms with Crippen molar-refractivity contribution in [3.05, 3.63) is 16.4 Å². The van der Waals surface area contributed by atoms with Crippen LogP contribution in [-0.4, -0.2) is 44.8 Å². The standard InChI is InChI=1S/C10H14N4O3S2/c1-4-5-17-8-7(14(15)16)9(12-6-11-8)19-10(18)13(2)3/h6H,4-5H2,1-3H3. The number of thioether (sulfide) groups is 1. The van der Waals surface area contributed by atoms with Crippen LogP contribution in [0.25, 0.3) is 0 Å². The number of thiocarbonyl (C=S) groups is 1. The van der Waals surface area contributed by atoms with Gasteiger partial charge in [-0.15, -0.1) is 0 Å². The highest BCUT2D eigenvalue weighted by Gasteiger charge is 2.26. The number of nitrogens with zero attached hydrogens (tertiary/aromatic N) is 4. The lowest BCUT2D eigenvalue weighted by molar-refractivity contribution is -0.389. The van der Waals surface area contributed by atoms with E-state index in [-0.39, 0.29) is 16.6 Å². The Bertz CT molecular complexity index is 482. The number of hydrogen-bond acceptors (Lipinski definition) is 7. The summed E-state index contributed by atoms with van der Waals surface area (Å²) in [4.78, 5) is 20.0. The Balaban J connectivity index is 3.09. The summed E-state index contributed by atoms with van der Waals surface area (Å²) in [7, 11) is 3.52. The smallest absolute Gasteiger partial charge is 0.363 e. The highest BCUT2D eigenvalue weighted by Crippen LogP contribution is 2.34. The highest BCUT2D eigenvalue weighted by atomic mass is 32.2. The minimum absolute atomic E-state index is 0.0223. The molecule has 0 spiro atoms. The van der Waals surface area contributed by atoms with Crippen LogP contribution in [-0.2, 0) is 0 Å². The van der Waals surface area contributed by atoms with E-state index in [0.717, 1.165) is 18.2 Å². The first-order valence-corrected chi connectivity index (χ1v) is 6.71. The molecule has 0 aliphatic rings. The van der Waals surface area contributed by atoms with Gasteiger partial charge in [-0.05, 0) is 18.2 Å². The summed E-state index contributed by atoms with van der Waals surface area (Å²) in [5.74, 6) is -0.0223. The van der Waals surface area contributed by atoms with Crippen LogP contribution in [0.1, 0.15) is 13.3 Å². The average molecular weight is 302 g/mol. The summed E-state index contributed by atoms with van der Waals surface area (Å²) >= 11 is 6.14. The maximum absolute atomic E-state index is 11.1. The Hall–Kier alpha value is -1.48. The fourth-order valence-electron chi connectivity index (χ4n) is 1.06. The van der Waals surface area contributed by atoms with Gasteiger partial charge in [0, 0.05) is 14.1 Å². The van der Waals surface area contributed by atoms with Crippen molar-refractivity contribution in [2.45, 2.75) is 18.4 Å². The van der Waals surface area contributed by atoms with E-state index in [2.05, 4.69) is 9.97 Å². The fourth-order valence-corrected chi connectivity index (χ4v) is 2.00. The van der Waals surface area contributed by atoms with E-state index in [4.69, 9.17) is 17.0 Å². The molecule has 19 heavy (non-hydrogen) atoms. The summed E-state index contributed by atoms with van der Waals surface area (Å²) in [6, 6.07) is 0. The van der Waals surface area contributed by atoms with Gasteiger partial charge in [-0.2, -0.15) is 4.98 Å². The molecule has 1 rings (SSSR count). The third kappa shape index (κ3) is 4.28. The topological polar surface area (TPSA) is 81.4 Å². The van der Waals surface area contributed by atoms with Gasteiger partial charge in [-0.25, -0.2) is 4.98 Å². The van der Waals surface area contributed by atoms with Crippen molar-refractivity contribution in [2.75, 3.05) is 20.7 Å². The van der Waals surface area contributed by atoms with E-state index in [0.29, 0.717) is 10.9 Å². The van der Waals surface area contributed by atoms with Gasteiger partial charge in [-0.1, -0.05) is 19.1 Å². The van der Waals surface area contributed by atoms with Gasteiger partial charge in [0.15, 0.2) is 5.03 Å². The SMILES string of the molecule is CCCOc1ncnc(SC(=S)N(C)C)c1[N+](=O)[O-]. The van der Waals surface area contributed by atoms with Crippen LogP contribution in [0.3, 0.4) is 0 Å². The Morgan fingerprint density at radius 1 is 1.58 bits per heavy atom. The van der Waals surface area contributed by atoms with Crippen molar-refractivity contribution in [3.8, 4) is 5.88 Å². The molecule has 0 amide bonds. The number of aromatic nitrogens is 2. The molecule has 0 N–H and O–H groups in total. The maximum atomic E-state index is 11.1. The van der Waals surface area contributed by atoms with Gasteiger partial charge in [0.25, 0.3) is 5.88 Å². The molecule has 0 fully saturated rings. The maximum Gasteiger partial charge on any atom is 0.363 e. The van der Waals surface area contributed by atoms with E-state index in [1.54, 1.807) is 19.0 Å². The van der Waals surface area contributed by atoms with Crippen LogP contribution in [0.15, 0.2) is 11.4 Å². The lowest BCUT2D eigenvalue weighted by atomic mass is 10.5. The summed E-state index contributed by atoms with van der Waals surface area (Å²) in [6.07, 6.45) is 1.97. The van der Waals surface area contributed by atoms with Crippen molar-refractivity contribution in [1.29, 1.82) is 0 Å². The van der Waals surface area contributed by atoms with Crippen LogP contribution in [0.2, 0.25) is 0 Å². The van der Waals surface area contributed by atoms with Crippen LogP contribution < -0.4 is 4.74 Å². The Morgan fingerprint density at radius 3 is 2.79 bits per heavy atom. The monoisotopic (exact) mass is 302 g/mol. The molecule has 7 nitrogen and oxygen atoms in total. The molecule has 1 heterocycles. The van der Waals surface area contributed by atoms with Crippen LogP contribution in [0.4, 0.5) is 5.69 Å². The van der Waals surface area contributed by atoms with Gasteiger partial charge in [0.1, 0.15) is 10.6 Å². The summed E-state index contributed by atoms with van der Waals surface area (Å²) in [6.45, 7) is 2.27. The van der Waals surface area contributed by atoms with Crippen molar-refractivity contribution in [3.63, 3.8) is 0 Å². The number of hydrogen-bond donors (Lipinski definition) is 0. The molecule has 1 aromatic rings. The van der Waals surface area contributed by atoms with Crippen molar-refractivity contribution >= 4 is 34.0 Å². The molecule has 0 bridgehead atoms. The molecular weight excluding hydrogens is 288 g/mol. The second-order valence-corrected chi connectivity index (χ2v) is 5.32. The largest absolute Gasteiger partial charge is 0.473 e. The molecule has 0 unspecified atom stereocenters. The first-order chi connectivity index (χ1) is 8.97. The van der Waals surface area contributed by atoms with Gasteiger partial charge in [-0.3, -0.25) is 10.1 Å². The molecule has 0 saturated carbocycles. The first kappa shape index (κ1) is 15.6. The van der Waals surface area contributed by atoms with E-state index in [1.807, 2.05) is 6.92 Å². The molecular formula is C10H14N4O3S2. The van der Waals surface area contributed by atoms with Crippen LogP contribution >= 0.6 is 24.0 Å². The lowest BCUT2D eigenvalue weighted by Gasteiger charge is -2.12. The van der Waals surface area contributed by atoms with Crippen molar-refractivity contribution in [2.24, 2.45) is 0 Å². The zero-order valence-electron chi connectivity index (χ0n) is 10.8. The molecule has 0 aliphatic heterocycles. The minimum atomic E-state index is -0.550. The first-order valence-electron chi connectivity index (χ1n) is 5.48. The fraction of sp³-hybridized carbons (Fsp3) is 0.500. The molecule has 0 radical (unpaired) electrons. The van der Waals surface area contributed by atoms with Gasteiger partial charge in [0.2, 0.25) is 0 Å².